The third-order valence-corrected chi connectivity index (χ3v) is 4.55. The van der Waals surface area contributed by atoms with Crippen molar-refractivity contribution in [3.63, 3.8) is 0 Å². The maximum Gasteiger partial charge on any atom is 0.391 e. The third-order valence-electron chi connectivity index (χ3n) is 4.55. The van der Waals surface area contributed by atoms with E-state index in [-0.39, 0.29) is 24.5 Å². The standard InChI is InChI=1S/C13H22F3NO/c1-18-12(6-3-7-12)9-17-11-5-2-4-10(8-11)13(14,15)16/h10-11,17H,2-9H2,1H3. The van der Waals surface area contributed by atoms with E-state index >= 15 is 0 Å². The van der Waals surface area contributed by atoms with Crippen LogP contribution >= 0.6 is 0 Å². The fourth-order valence-electron chi connectivity index (χ4n) is 3.03. The molecule has 0 amide bonds. The Morgan fingerprint density at radius 2 is 1.94 bits per heavy atom. The van der Waals surface area contributed by atoms with Gasteiger partial charge in [0.25, 0.3) is 0 Å². The van der Waals surface area contributed by atoms with Gasteiger partial charge in [0, 0.05) is 19.7 Å². The van der Waals surface area contributed by atoms with E-state index in [0.29, 0.717) is 13.0 Å². The van der Waals surface area contributed by atoms with Crippen LogP contribution in [0.2, 0.25) is 0 Å². The number of halogens is 3. The topological polar surface area (TPSA) is 21.3 Å². The fraction of sp³-hybridized carbons (Fsp3) is 1.00. The van der Waals surface area contributed by atoms with E-state index in [2.05, 4.69) is 5.32 Å². The average Bonchev–Trinajstić information content (AvgIpc) is 2.27. The monoisotopic (exact) mass is 265 g/mol. The van der Waals surface area contributed by atoms with Crippen molar-refractivity contribution in [3.05, 3.63) is 0 Å². The van der Waals surface area contributed by atoms with Crippen molar-refractivity contribution in [2.45, 2.75) is 62.8 Å². The van der Waals surface area contributed by atoms with Crippen LogP contribution in [-0.4, -0.2) is 31.5 Å². The molecule has 0 aromatic heterocycles. The van der Waals surface area contributed by atoms with E-state index in [4.69, 9.17) is 4.74 Å². The molecule has 0 aliphatic heterocycles. The van der Waals surface area contributed by atoms with Gasteiger partial charge in [-0.3, -0.25) is 0 Å². The van der Waals surface area contributed by atoms with Gasteiger partial charge in [0.2, 0.25) is 0 Å². The second kappa shape index (κ2) is 5.37. The van der Waals surface area contributed by atoms with Crippen molar-refractivity contribution < 1.29 is 17.9 Å². The first-order valence-electron chi connectivity index (χ1n) is 6.80. The SMILES string of the molecule is COC1(CNC2CCCC(C(F)(F)F)C2)CCC1. The van der Waals surface area contributed by atoms with Crippen LogP contribution in [-0.2, 0) is 4.74 Å². The molecule has 2 unspecified atom stereocenters. The van der Waals surface area contributed by atoms with Crippen LogP contribution in [0.5, 0.6) is 0 Å². The first kappa shape index (κ1) is 14.1. The van der Waals surface area contributed by atoms with Gasteiger partial charge in [-0.15, -0.1) is 0 Å². The molecule has 2 aliphatic carbocycles. The summed E-state index contributed by atoms with van der Waals surface area (Å²) in [6, 6.07) is -0.00185. The minimum absolute atomic E-state index is 0.00185. The van der Waals surface area contributed by atoms with Crippen LogP contribution in [0.25, 0.3) is 0 Å². The summed E-state index contributed by atoms with van der Waals surface area (Å²) in [7, 11) is 1.69. The molecule has 2 atom stereocenters. The molecule has 2 fully saturated rings. The maximum atomic E-state index is 12.7. The zero-order chi connectivity index (χ0) is 13.2. The molecule has 0 spiro atoms. The van der Waals surface area contributed by atoms with Crippen molar-refractivity contribution in [1.82, 2.24) is 5.32 Å². The number of methoxy groups -OCH3 is 1. The highest BCUT2D eigenvalue weighted by atomic mass is 19.4. The van der Waals surface area contributed by atoms with Crippen molar-refractivity contribution in [2.24, 2.45) is 5.92 Å². The zero-order valence-corrected chi connectivity index (χ0v) is 10.9. The van der Waals surface area contributed by atoms with E-state index in [9.17, 15) is 13.2 Å². The molecule has 1 N–H and O–H groups in total. The summed E-state index contributed by atoms with van der Waals surface area (Å²) in [5, 5.41) is 3.29. The molecule has 106 valence electrons. The summed E-state index contributed by atoms with van der Waals surface area (Å²) in [5.74, 6) is -1.12. The molecule has 2 aliphatic rings. The van der Waals surface area contributed by atoms with Crippen LogP contribution < -0.4 is 5.32 Å². The van der Waals surface area contributed by atoms with E-state index in [0.717, 1.165) is 25.7 Å². The molecular formula is C13H22F3NO. The molecule has 0 heterocycles. The molecule has 0 aromatic carbocycles. The van der Waals surface area contributed by atoms with Crippen LogP contribution in [0, 0.1) is 5.92 Å². The number of ether oxygens (including phenoxy) is 1. The number of rotatable bonds is 4. The van der Waals surface area contributed by atoms with E-state index < -0.39 is 12.1 Å². The van der Waals surface area contributed by atoms with Crippen LogP contribution in [0.15, 0.2) is 0 Å². The maximum absolute atomic E-state index is 12.7. The molecule has 18 heavy (non-hydrogen) atoms. The number of alkyl halides is 3. The smallest absolute Gasteiger partial charge is 0.377 e. The molecule has 0 radical (unpaired) electrons. The van der Waals surface area contributed by atoms with Crippen molar-refractivity contribution >= 4 is 0 Å². The average molecular weight is 265 g/mol. The molecule has 2 rings (SSSR count). The van der Waals surface area contributed by atoms with Gasteiger partial charge in [-0.2, -0.15) is 13.2 Å². The van der Waals surface area contributed by atoms with E-state index in [1.165, 1.54) is 0 Å². The summed E-state index contributed by atoms with van der Waals surface area (Å²) in [5.41, 5.74) is -0.106. The second-order valence-corrected chi connectivity index (χ2v) is 5.72. The molecule has 2 saturated carbocycles. The Morgan fingerprint density at radius 3 is 2.44 bits per heavy atom. The number of hydrogen-bond acceptors (Lipinski definition) is 2. The van der Waals surface area contributed by atoms with Gasteiger partial charge >= 0.3 is 6.18 Å². The third kappa shape index (κ3) is 3.18. The van der Waals surface area contributed by atoms with Crippen molar-refractivity contribution in [2.75, 3.05) is 13.7 Å². The summed E-state index contributed by atoms with van der Waals surface area (Å²) in [6.45, 7) is 0.693. The molecule has 5 heteroatoms. The highest BCUT2D eigenvalue weighted by Crippen LogP contribution is 2.38. The Bertz CT molecular complexity index is 270. The van der Waals surface area contributed by atoms with Gasteiger partial charge in [-0.1, -0.05) is 6.42 Å². The van der Waals surface area contributed by atoms with Gasteiger partial charge < -0.3 is 10.1 Å². The van der Waals surface area contributed by atoms with Crippen LogP contribution in [0.4, 0.5) is 13.2 Å². The second-order valence-electron chi connectivity index (χ2n) is 5.72. The Labute approximate surface area is 106 Å². The van der Waals surface area contributed by atoms with Crippen LogP contribution in [0.1, 0.15) is 44.9 Å². The largest absolute Gasteiger partial charge is 0.391 e. The fourth-order valence-corrected chi connectivity index (χ4v) is 3.03. The summed E-state index contributed by atoms with van der Waals surface area (Å²) < 4.78 is 43.5. The first-order valence-corrected chi connectivity index (χ1v) is 6.80. The van der Waals surface area contributed by atoms with Crippen molar-refractivity contribution in [1.29, 1.82) is 0 Å². The van der Waals surface area contributed by atoms with Gasteiger partial charge in [0.05, 0.1) is 11.5 Å². The van der Waals surface area contributed by atoms with Gasteiger partial charge in [-0.25, -0.2) is 0 Å². The summed E-state index contributed by atoms with van der Waals surface area (Å²) >= 11 is 0. The predicted octanol–water partition coefficient (Wildman–Crippen LogP) is 3.27. The zero-order valence-electron chi connectivity index (χ0n) is 10.9. The normalized spacial score (nSPS) is 32.0. The molecule has 0 saturated heterocycles. The lowest BCUT2D eigenvalue weighted by atomic mass is 9.79. The highest BCUT2D eigenvalue weighted by molar-refractivity contribution is 4.93. The van der Waals surface area contributed by atoms with Gasteiger partial charge in [0.1, 0.15) is 0 Å². The quantitative estimate of drug-likeness (QED) is 0.842. The molecule has 2 nitrogen and oxygen atoms in total. The molecule has 0 aromatic rings. The lowest BCUT2D eigenvalue weighted by Gasteiger charge is -2.42. The Hall–Kier alpha value is -0.290. The summed E-state index contributed by atoms with van der Waals surface area (Å²) in [4.78, 5) is 0. The Morgan fingerprint density at radius 1 is 1.22 bits per heavy atom. The first-order chi connectivity index (χ1) is 8.45. The molecular weight excluding hydrogens is 243 g/mol. The highest BCUT2D eigenvalue weighted by Gasteiger charge is 2.43. The lowest BCUT2D eigenvalue weighted by Crippen LogP contribution is -2.51. The minimum atomic E-state index is -4.03. The van der Waals surface area contributed by atoms with E-state index in [1.807, 2.05) is 0 Å². The minimum Gasteiger partial charge on any atom is -0.377 e. The number of nitrogens with one attached hydrogen (secondary N) is 1. The van der Waals surface area contributed by atoms with Gasteiger partial charge in [-0.05, 0) is 38.5 Å². The summed E-state index contributed by atoms with van der Waals surface area (Å²) in [6.07, 6.45) is 1.20. The number of hydrogen-bond donors (Lipinski definition) is 1. The Balaban J connectivity index is 1.79. The van der Waals surface area contributed by atoms with E-state index in [1.54, 1.807) is 7.11 Å². The van der Waals surface area contributed by atoms with Crippen molar-refractivity contribution in [3.8, 4) is 0 Å². The van der Waals surface area contributed by atoms with Gasteiger partial charge in [0.15, 0.2) is 0 Å². The predicted molar refractivity (Wildman–Crippen MR) is 63.4 cm³/mol. The van der Waals surface area contributed by atoms with Crippen LogP contribution in [0.3, 0.4) is 0 Å². The Kier molecular flexibility index (Phi) is 4.22. The lowest BCUT2D eigenvalue weighted by molar-refractivity contribution is -0.184. The molecule has 0 bridgehead atoms.